The Kier molecular flexibility index (Phi) is 24.7. The first-order chi connectivity index (χ1) is 1.73. The van der Waals surface area contributed by atoms with Gasteiger partial charge < -0.3 is 6.53 Å². The van der Waals surface area contributed by atoms with Crippen molar-refractivity contribution in [1.82, 2.24) is 0 Å². The molecule has 0 aromatic rings. The summed E-state index contributed by atoms with van der Waals surface area (Å²) in [5.74, 6) is -0.833. The van der Waals surface area contributed by atoms with E-state index in [9.17, 15) is 0 Å². The Morgan fingerprint density at radius 3 is 1.83 bits per heavy atom. The Morgan fingerprint density at radius 2 is 1.83 bits per heavy atom. The zero-order valence-corrected chi connectivity index (χ0v) is 9.03. The van der Waals surface area contributed by atoms with Crippen molar-refractivity contribution >= 4 is 5.97 Å². The summed E-state index contributed by atoms with van der Waals surface area (Å²) < 4.78 is 0. The van der Waals surface area contributed by atoms with Crippen LogP contribution in [0.1, 0.15) is 8.35 Å². The molecule has 4 heteroatoms. The standard InChI is InChI=1S/C2H4O2.Na.Zn.H/c1-2(3)4;;;/h1H3,(H,3,4);;;/q;+1;;-1. The molecule has 0 aliphatic heterocycles. The van der Waals surface area contributed by atoms with Crippen molar-refractivity contribution in [1.29, 1.82) is 0 Å². The molecule has 0 radical (unpaired) electrons. The number of carbonyl (C=O) groups is 1. The zero-order chi connectivity index (χ0) is 3.58. The minimum Gasteiger partial charge on any atom is -1.00 e. The average Bonchev–Trinajstić information content (AvgIpc) is 0.811. The minimum atomic E-state index is -0.833. The Morgan fingerprint density at radius 1 is 1.83 bits per heavy atom. The molecule has 0 aliphatic rings. The summed E-state index contributed by atoms with van der Waals surface area (Å²) in [5, 5.41) is 7.42. The molecule has 0 aromatic heterocycles. The SMILES string of the molecule is CC(=O)O.[H-].[Na+].[Zn]. The van der Waals surface area contributed by atoms with Gasteiger partial charge in [-0.15, -0.1) is 0 Å². The van der Waals surface area contributed by atoms with Crippen molar-refractivity contribution in [3.63, 3.8) is 0 Å². The fraction of sp³-hybridized carbons (Fsp3) is 0.500. The Bertz CT molecular complexity index is 38.7. The van der Waals surface area contributed by atoms with E-state index in [0.717, 1.165) is 6.92 Å². The summed E-state index contributed by atoms with van der Waals surface area (Å²) in [5.41, 5.74) is 0. The summed E-state index contributed by atoms with van der Waals surface area (Å²) in [7, 11) is 0. The number of carboxylic acids is 1. The van der Waals surface area contributed by atoms with Gasteiger partial charge in [0.2, 0.25) is 0 Å². The molecule has 0 atom stereocenters. The van der Waals surface area contributed by atoms with E-state index in [1.807, 2.05) is 0 Å². The molecule has 0 saturated carbocycles. The normalized spacial score (nSPS) is 4.17. The number of carboxylic acid groups (broad SMARTS) is 1. The molecule has 28 valence electrons. The second kappa shape index (κ2) is 9.43. The molecule has 6 heavy (non-hydrogen) atoms. The fourth-order valence-electron chi connectivity index (χ4n) is 0. The van der Waals surface area contributed by atoms with E-state index in [1.54, 1.807) is 0 Å². The zero-order valence-electron chi connectivity index (χ0n) is 5.06. The van der Waals surface area contributed by atoms with Crippen molar-refractivity contribution in [2.45, 2.75) is 6.92 Å². The quantitative estimate of drug-likeness (QED) is 0.378. The van der Waals surface area contributed by atoms with Gasteiger partial charge in [0.15, 0.2) is 0 Å². The van der Waals surface area contributed by atoms with E-state index >= 15 is 0 Å². The number of rotatable bonds is 0. The molecule has 0 aromatic carbocycles. The van der Waals surface area contributed by atoms with E-state index in [1.165, 1.54) is 0 Å². The van der Waals surface area contributed by atoms with Gasteiger partial charge in [0, 0.05) is 26.4 Å². The molecule has 0 bridgehead atoms. The van der Waals surface area contributed by atoms with Crippen LogP contribution in [0.2, 0.25) is 0 Å². The van der Waals surface area contributed by atoms with Gasteiger partial charge in [0.1, 0.15) is 0 Å². The van der Waals surface area contributed by atoms with E-state index in [4.69, 9.17) is 9.90 Å². The molecule has 0 heterocycles. The molecule has 0 spiro atoms. The predicted molar refractivity (Wildman–Crippen MR) is 14.4 cm³/mol. The van der Waals surface area contributed by atoms with E-state index < -0.39 is 5.97 Å². The smallest absolute Gasteiger partial charge is 1.00 e. The second-order valence-corrected chi connectivity index (χ2v) is 0.519. The molecule has 1 N–H and O–H groups in total. The van der Waals surface area contributed by atoms with Gasteiger partial charge in [0.25, 0.3) is 5.97 Å². The van der Waals surface area contributed by atoms with E-state index in [2.05, 4.69) is 0 Å². The Labute approximate surface area is 72.8 Å². The van der Waals surface area contributed by atoms with Crippen molar-refractivity contribution in [2.75, 3.05) is 0 Å². The van der Waals surface area contributed by atoms with Gasteiger partial charge in [0.05, 0.1) is 0 Å². The van der Waals surface area contributed by atoms with Gasteiger partial charge in [-0.2, -0.15) is 0 Å². The van der Waals surface area contributed by atoms with Crippen LogP contribution in [-0.4, -0.2) is 11.1 Å². The van der Waals surface area contributed by atoms with Crippen LogP contribution in [0.25, 0.3) is 0 Å². The largest absolute Gasteiger partial charge is 1.00 e. The third kappa shape index (κ3) is 71.4. The topological polar surface area (TPSA) is 37.3 Å². The summed E-state index contributed by atoms with van der Waals surface area (Å²) in [6.07, 6.45) is 0. The van der Waals surface area contributed by atoms with Crippen LogP contribution in [-0.2, 0) is 24.3 Å². The molecule has 0 fully saturated rings. The van der Waals surface area contributed by atoms with Crippen LogP contribution in [0.15, 0.2) is 0 Å². The Balaban J connectivity index is -0.0000000150. The average molecular weight is 149 g/mol. The van der Waals surface area contributed by atoms with E-state index in [-0.39, 0.29) is 50.5 Å². The minimum absolute atomic E-state index is 0. The maximum Gasteiger partial charge on any atom is 1.00 e. The molecular weight excluding hydrogens is 144 g/mol. The summed E-state index contributed by atoms with van der Waals surface area (Å²) in [6.45, 7) is 1.08. The van der Waals surface area contributed by atoms with E-state index in [0.29, 0.717) is 0 Å². The second-order valence-electron chi connectivity index (χ2n) is 0.519. The van der Waals surface area contributed by atoms with Crippen LogP contribution < -0.4 is 29.6 Å². The number of hydrogen-bond donors (Lipinski definition) is 1. The van der Waals surface area contributed by atoms with Gasteiger partial charge >= 0.3 is 29.6 Å². The number of aliphatic carboxylic acids is 1. The summed E-state index contributed by atoms with van der Waals surface area (Å²) in [4.78, 5) is 9.00. The van der Waals surface area contributed by atoms with Gasteiger partial charge in [-0.05, 0) is 0 Å². The third-order valence-electron chi connectivity index (χ3n) is 0. The van der Waals surface area contributed by atoms with Crippen LogP contribution in [0.5, 0.6) is 0 Å². The molecule has 0 aliphatic carbocycles. The first kappa shape index (κ1) is 15.7. The van der Waals surface area contributed by atoms with Gasteiger partial charge in [-0.3, -0.25) is 4.79 Å². The van der Waals surface area contributed by atoms with Crippen molar-refractivity contribution in [2.24, 2.45) is 0 Å². The molecule has 0 saturated heterocycles. The maximum absolute atomic E-state index is 9.00. The summed E-state index contributed by atoms with van der Waals surface area (Å²) in [6, 6.07) is 0. The van der Waals surface area contributed by atoms with Crippen LogP contribution in [0.4, 0.5) is 0 Å². The first-order valence-corrected chi connectivity index (χ1v) is 0.928. The maximum atomic E-state index is 9.00. The molecule has 0 rings (SSSR count). The first-order valence-electron chi connectivity index (χ1n) is 0.928. The number of hydrogen-bond acceptors (Lipinski definition) is 1. The van der Waals surface area contributed by atoms with Gasteiger partial charge in [-0.1, -0.05) is 0 Å². The monoisotopic (exact) mass is 148 g/mol. The van der Waals surface area contributed by atoms with Gasteiger partial charge in [-0.25, -0.2) is 0 Å². The summed E-state index contributed by atoms with van der Waals surface area (Å²) >= 11 is 0. The van der Waals surface area contributed by atoms with Crippen molar-refractivity contribution in [3.8, 4) is 0 Å². The Hall–Kier alpha value is 1.09. The van der Waals surface area contributed by atoms with Crippen LogP contribution in [0.3, 0.4) is 0 Å². The van der Waals surface area contributed by atoms with Crippen molar-refractivity contribution in [3.05, 3.63) is 0 Å². The molecule has 0 unspecified atom stereocenters. The van der Waals surface area contributed by atoms with Crippen molar-refractivity contribution < 1.29 is 60.4 Å². The predicted octanol–water partition coefficient (Wildman–Crippen LogP) is -2.80. The van der Waals surface area contributed by atoms with Crippen LogP contribution >= 0.6 is 0 Å². The van der Waals surface area contributed by atoms with Crippen LogP contribution in [0, 0.1) is 0 Å². The third-order valence-corrected chi connectivity index (χ3v) is 0. The molecular formula is C2H5NaO2Zn. The fourth-order valence-corrected chi connectivity index (χ4v) is 0. The molecule has 2 nitrogen and oxygen atoms in total. The molecule has 0 amide bonds.